The highest BCUT2D eigenvalue weighted by Crippen LogP contribution is 2.22. The highest BCUT2D eigenvalue weighted by molar-refractivity contribution is 7.10. The van der Waals surface area contributed by atoms with E-state index < -0.39 is 0 Å². The number of thiophene rings is 1. The van der Waals surface area contributed by atoms with Crippen molar-refractivity contribution in [1.29, 1.82) is 0 Å². The molecule has 0 aliphatic carbocycles. The number of likely N-dealkylation sites (N-methyl/N-ethyl adjacent to an activating group) is 1. The molecule has 1 unspecified atom stereocenters. The van der Waals surface area contributed by atoms with Gasteiger partial charge < -0.3 is 5.32 Å². The number of hydrogen-bond donors (Lipinski definition) is 1. The van der Waals surface area contributed by atoms with E-state index in [-0.39, 0.29) is 0 Å². The van der Waals surface area contributed by atoms with Gasteiger partial charge in [0, 0.05) is 30.1 Å². The predicted octanol–water partition coefficient (Wildman–Crippen LogP) is 2.55. The summed E-state index contributed by atoms with van der Waals surface area (Å²) < 4.78 is 2.00. The van der Waals surface area contributed by atoms with Crippen LogP contribution in [0.2, 0.25) is 0 Å². The number of aromatic nitrogens is 2. The molecule has 0 bridgehead atoms. The maximum absolute atomic E-state index is 4.49. The molecule has 92 valence electrons. The van der Waals surface area contributed by atoms with Crippen molar-refractivity contribution >= 4 is 11.3 Å². The lowest BCUT2D eigenvalue weighted by Gasteiger charge is -2.14. The lowest BCUT2D eigenvalue weighted by Crippen LogP contribution is -2.19. The highest BCUT2D eigenvalue weighted by atomic mass is 32.1. The molecule has 1 atom stereocenters. The number of hydrogen-bond acceptors (Lipinski definition) is 3. The first-order valence-electron chi connectivity index (χ1n) is 5.97. The molecule has 0 amide bonds. The molecule has 0 saturated carbocycles. The van der Waals surface area contributed by atoms with Gasteiger partial charge in [-0.05, 0) is 31.0 Å². The fraction of sp³-hybridized carbons (Fsp3) is 0.462. The Kier molecular flexibility index (Phi) is 3.97. The van der Waals surface area contributed by atoms with E-state index in [0.29, 0.717) is 6.04 Å². The first-order chi connectivity index (χ1) is 8.24. The van der Waals surface area contributed by atoms with Crippen LogP contribution in [0.1, 0.15) is 29.2 Å². The molecule has 0 aromatic carbocycles. The van der Waals surface area contributed by atoms with Gasteiger partial charge in [-0.1, -0.05) is 13.0 Å². The molecule has 2 heterocycles. The van der Waals surface area contributed by atoms with Crippen LogP contribution in [0.4, 0.5) is 0 Å². The smallest absolute Gasteiger partial charge is 0.0624 e. The van der Waals surface area contributed by atoms with Gasteiger partial charge in [0.2, 0.25) is 0 Å². The van der Waals surface area contributed by atoms with E-state index in [2.05, 4.69) is 40.9 Å². The Morgan fingerprint density at radius 1 is 1.53 bits per heavy atom. The summed E-state index contributed by atoms with van der Waals surface area (Å²) in [6, 6.07) is 6.88. The molecule has 4 heteroatoms. The number of rotatable bonds is 5. The minimum atomic E-state index is 0.384. The Hall–Kier alpha value is -1.13. The Labute approximate surface area is 106 Å². The average Bonchev–Trinajstić information content (AvgIpc) is 2.96. The van der Waals surface area contributed by atoms with Crippen molar-refractivity contribution in [3.05, 3.63) is 39.8 Å². The van der Waals surface area contributed by atoms with Crippen molar-refractivity contribution in [2.24, 2.45) is 7.05 Å². The Morgan fingerprint density at radius 3 is 2.88 bits per heavy atom. The van der Waals surface area contributed by atoms with Crippen LogP contribution >= 0.6 is 11.3 Å². The van der Waals surface area contributed by atoms with Crippen LogP contribution in [0.5, 0.6) is 0 Å². The molecule has 0 radical (unpaired) electrons. The summed E-state index contributed by atoms with van der Waals surface area (Å²) in [4.78, 5) is 1.38. The van der Waals surface area contributed by atoms with E-state index in [1.807, 2.05) is 18.8 Å². The second kappa shape index (κ2) is 5.47. The molecule has 0 aliphatic heterocycles. The van der Waals surface area contributed by atoms with Gasteiger partial charge in [-0.2, -0.15) is 5.10 Å². The van der Waals surface area contributed by atoms with Crippen LogP contribution in [-0.2, 0) is 19.9 Å². The second-order valence-electron chi connectivity index (χ2n) is 4.16. The van der Waals surface area contributed by atoms with Crippen molar-refractivity contribution < 1.29 is 0 Å². The van der Waals surface area contributed by atoms with Gasteiger partial charge in [-0.3, -0.25) is 4.68 Å². The summed E-state index contributed by atoms with van der Waals surface area (Å²) in [6.45, 7) is 2.14. The predicted molar refractivity (Wildman–Crippen MR) is 72.4 cm³/mol. The van der Waals surface area contributed by atoms with E-state index in [9.17, 15) is 0 Å². The molecule has 0 fully saturated rings. The van der Waals surface area contributed by atoms with E-state index in [4.69, 9.17) is 0 Å². The van der Waals surface area contributed by atoms with Crippen LogP contribution in [0.15, 0.2) is 23.6 Å². The monoisotopic (exact) mass is 249 g/mol. The van der Waals surface area contributed by atoms with E-state index in [1.165, 1.54) is 16.3 Å². The zero-order chi connectivity index (χ0) is 12.3. The van der Waals surface area contributed by atoms with Crippen LogP contribution < -0.4 is 5.32 Å². The summed E-state index contributed by atoms with van der Waals surface area (Å²) >= 11 is 1.80. The zero-order valence-electron chi connectivity index (χ0n) is 10.6. The maximum Gasteiger partial charge on any atom is 0.0624 e. The molecule has 0 saturated heterocycles. The van der Waals surface area contributed by atoms with Gasteiger partial charge in [-0.25, -0.2) is 0 Å². The minimum Gasteiger partial charge on any atom is -0.312 e. The van der Waals surface area contributed by atoms with Crippen LogP contribution in [-0.4, -0.2) is 16.8 Å². The number of nitrogens with zero attached hydrogens (tertiary/aromatic N) is 2. The lowest BCUT2D eigenvalue weighted by atomic mass is 10.1. The Balaban J connectivity index is 2.15. The third-order valence-corrected chi connectivity index (χ3v) is 4.02. The third kappa shape index (κ3) is 2.76. The molecule has 2 aromatic heterocycles. The van der Waals surface area contributed by atoms with Gasteiger partial charge >= 0.3 is 0 Å². The first-order valence-corrected chi connectivity index (χ1v) is 6.85. The van der Waals surface area contributed by atoms with Crippen molar-refractivity contribution in [3.8, 4) is 0 Å². The fourth-order valence-electron chi connectivity index (χ4n) is 1.98. The van der Waals surface area contributed by atoms with Crippen LogP contribution in [0, 0.1) is 0 Å². The topological polar surface area (TPSA) is 29.9 Å². The number of aryl methyl sites for hydroxylation is 2. The Morgan fingerprint density at radius 2 is 2.35 bits per heavy atom. The molecule has 2 aromatic rings. The highest BCUT2D eigenvalue weighted by Gasteiger charge is 2.14. The van der Waals surface area contributed by atoms with Gasteiger partial charge in [0.1, 0.15) is 0 Å². The molecule has 2 rings (SSSR count). The van der Waals surface area contributed by atoms with Crippen LogP contribution in [0.3, 0.4) is 0 Å². The summed E-state index contributed by atoms with van der Waals surface area (Å²) in [5.41, 5.74) is 2.46. The quantitative estimate of drug-likeness (QED) is 0.882. The third-order valence-electron chi connectivity index (χ3n) is 3.04. The van der Waals surface area contributed by atoms with Gasteiger partial charge in [0.25, 0.3) is 0 Å². The van der Waals surface area contributed by atoms with Gasteiger partial charge in [-0.15, -0.1) is 11.3 Å². The first kappa shape index (κ1) is 12.3. The summed E-state index contributed by atoms with van der Waals surface area (Å²) in [5.74, 6) is 0. The molecule has 0 spiro atoms. The molecule has 0 aliphatic rings. The molecule has 17 heavy (non-hydrogen) atoms. The normalized spacial score (nSPS) is 12.9. The van der Waals surface area contributed by atoms with Crippen molar-refractivity contribution in [1.82, 2.24) is 15.1 Å². The fourth-order valence-corrected chi connectivity index (χ4v) is 2.82. The van der Waals surface area contributed by atoms with Crippen molar-refractivity contribution in [2.75, 3.05) is 7.05 Å². The minimum absolute atomic E-state index is 0.384. The summed E-state index contributed by atoms with van der Waals surface area (Å²) in [5, 5.41) is 9.99. The zero-order valence-corrected chi connectivity index (χ0v) is 11.4. The number of nitrogens with one attached hydrogen (secondary N) is 1. The summed E-state index contributed by atoms with van der Waals surface area (Å²) in [6.07, 6.45) is 1.98. The second-order valence-corrected chi connectivity index (χ2v) is 5.14. The van der Waals surface area contributed by atoms with Gasteiger partial charge in [0.05, 0.1) is 5.69 Å². The van der Waals surface area contributed by atoms with E-state index in [1.54, 1.807) is 11.3 Å². The van der Waals surface area contributed by atoms with Crippen molar-refractivity contribution in [2.45, 2.75) is 25.8 Å². The SMILES string of the molecule is CCc1cc(CC(NC)c2cccs2)n(C)n1. The van der Waals surface area contributed by atoms with Crippen LogP contribution in [0.25, 0.3) is 0 Å². The summed E-state index contributed by atoms with van der Waals surface area (Å²) in [7, 11) is 4.04. The molecular formula is C13H19N3S. The van der Waals surface area contributed by atoms with Crippen molar-refractivity contribution in [3.63, 3.8) is 0 Å². The largest absolute Gasteiger partial charge is 0.312 e. The Bertz CT molecular complexity index is 459. The molecular weight excluding hydrogens is 230 g/mol. The molecule has 3 nitrogen and oxygen atoms in total. The van der Waals surface area contributed by atoms with Gasteiger partial charge in [0.15, 0.2) is 0 Å². The van der Waals surface area contributed by atoms with E-state index in [0.717, 1.165) is 12.8 Å². The average molecular weight is 249 g/mol. The lowest BCUT2D eigenvalue weighted by molar-refractivity contribution is 0.569. The van der Waals surface area contributed by atoms with E-state index >= 15 is 0 Å². The standard InChI is InChI=1S/C13H19N3S/c1-4-10-8-11(16(3)15-10)9-12(14-2)13-6-5-7-17-13/h5-8,12,14H,4,9H2,1-3H3. The molecule has 1 N–H and O–H groups in total. The maximum atomic E-state index is 4.49.